The Hall–Kier alpha value is -1.52. The molecule has 0 aliphatic heterocycles. The SMILES string of the molecule is COc1ccc(Cl)c2c(N(C)C)c(CCN)c(C)nc12. The van der Waals surface area contributed by atoms with Gasteiger partial charge in [0.25, 0.3) is 0 Å². The second-order valence-corrected chi connectivity index (χ2v) is 5.34. The molecule has 1 aromatic heterocycles. The number of halogens is 1. The van der Waals surface area contributed by atoms with Gasteiger partial charge in [-0.05, 0) is 37.6 Å². The third-order valence-electron chi connectivity index (χ3n) is 3.39. The molecule has 0 fully saturated rings. The van der Waals surface area contributed by atoms with Crippen LogP contribution in [-0.4, -0.2) is 32.7 Å². The number of pyridine rings is 1. The number of rotatable bonds is 4. The third kappa shape index (κ3) is 2.41. The summed E-state index contributed by atoms with van der Waals surface area (Å²) < 4.78 is 5.41. The van der Waals surface area contributed by atoms with Gasteiger partial charge >= 0.3 is 0 Å². The van der Waals surface area contributed by atoms with Gasteiger partial charge < -0.3 is 15.4 Å². The smallest absolute Gasteiger partial charge is 0.145 e. The van der Waals surface area contributed by atoms with Gasteiger partial charge in [-0.1, -0.05) is 11.6 Å². The number of methoxy groups -OCH3 is 1. The summed E-state index contributed by atoms with van der Waals surface area (Å²) in [6.45, 7) is 2.58. The van der Waals surface area contributed by atoms with E-state index in [9.17, 15) is 0 Å². The quantitative estimate of drug-likeness (QED) is 0.942. The van der Waals surface area contributed by atoms with Gasteiger partial charge in [0, 0.05) is 25.2 Å². The fourth-order valence-corrected chi connectivity index (χ4v) is 2.78. The molecule has 0 bridgehead atoms. The monoisotopic (exact) mass is 293 g/mol. The van der Waals surface area contributed by atoms with Crippen molar-refractivity contribution in [2.75, 3.05) is 32.6 Å². The zero-order valence-electron chi connectivity index (χ0n) is 12.3. The lowest BCUT2D eigenvalue weighted by Gasteiger charge is -2.22. The molecule has 0 spiro atoms. The maximum absolute atomic E-state index is 6.41. The molecule has 0 saturated carbocycles. The highest BCUT2D eigenvalue weighted by molar-refractivity contribution is 6.36. The zero-order chi connectivity index (χ0) is 14.9. The van der Waals surface area contributed by atoms with E-state index >= 15 is 0 Å². The number of nitrogens with two attached hydrogens (primary N) is 1. The first-order valence-corrected chi connectivity index (χ1v) is 6.92. The molecular formula is C15H20ClN3O. The van der Waals surface area contributed by atoms with Crippen molar-refractivity contribution in [3.8, 4) is 5.75 Å². The van der Waals surface area contributed by atoms with Crippen molar-refractivity contribution in [1.29, 1.82) is 0 Å². The molecule has 20 heavy (non-hydrogen) atoms. The molecule has 108 valence electrons. The van der Waals surface area contributed by atoms with Crippen molar-refractivity contribution in [2.24, 2.45) is 5.73 Å². The lowest BCUT2D eigenvalue weighted by molar-refractivity contribution is 0.419. The summed E-state index contributed by atoms with van der Waals surface area (Å²) in [7, 11) is 5.65. The minimum atomic E-state index is 0.580. The van der Waals surface area contributed by atoms with Gasteiger partial charge in [0.15, 0.2) is 0 Å². The van der Waals surface area contributed by atoms with Crippen LogP contribution in [0.1, 0.15) is 11.3 Å². The number of nitrogens with zero attached hydrogens (tertiary/aromatic N) is 2. The predicted octanol–water partition coefficient (Wildman–Crippen LogP) is 2.77. The number of hydrogen-bond acceptors (Lipinski definition) is 4. The second-order valence-electron chi connectivity index (χ2n) is 4.93. The average molecular weight is 294 g/mol. The highest BCUT2D eigenvalue weighted by Gasteiger charge is 2.18. The van der Waals surface area contributed by atoms with E-state index in [1.807, 2.05) is 33.2 Å². The van der Waals surface area contributed by atoms with E-state index in [0.29, 0.717) is 11.6 Å². The topological polar surface area (TPSA) is 51.4 Å². The molecule has 0 saturated heterocycles. The minimum absolute atomic E-state index is 0.580. The Bertz CT molecular complexity index is 641. The number of aromatic nitrogens is 1. The van der Waals surface area contributed by atoms with E-state index < -0.39 is 0 Å². The third-order valence-corrected chi connectivity index (χ3v) is 3.71. The van der Waals surface area contributed by atoms with Crippen molar-refractivity contribution in [3.05, 3.63) is 28.4 Å². The van der Waals surface area contributed by atoms with Gasteiger partial charge in [-0.3, -0.25) is 0 Å². The first-order chi connectivity index (χ1) is 9.51. The van der Waals surface area contributed by atoms with E-state index in [1.165, 1.54) is 0 Å². The summed E-state index contributed by atoms with van der Waals surface area (Å²) in [5, 5.41) is 1.60. The molecule has 2 aromatic rings. The van der Waals surface area contributed by atoms with Gasteiger partial charge in [-0.25, -0.2) is 4.98 Å². The van der Waals surface area contributed by atoms with Crippen molar-refractivity contribution >= 4 is 28.2 Å². The van der Waals surface area contributed by atoms with Crippen LogP contribution < -0.4 is 15.4 Å². The van der Waals surface area contributed by atoms with Crippen LogP contribution in [0.5, 0.6) is 5.75 Å². The Morgan fingerprint density at radius 2 is 2.05 bits per heavy atom. The number of fused-ring (bicyclic) bond motifs is 1. The molecule has 1 aromatic carbocycles. The summed E-state index contributed by atoms with van der Waals surface area (Å²) in [6.07, 6.45) is 0.774. The maximum atomic E-state index is 6.41. The molecule has 1 heterocycles. The van der Waals surface area contributed by atoms with Crippen LogP contribution in [-0.2, 0) is 6.42 Å². The van der Waals surface area contributed by atoms with E-state index in [1.54, 1.807) is 7.11 Å². The Morgan fingerprint density at radius 1 is 1.35 bits per heavy atom. The summed E-state index contributed by atoms with van der Waals surface area (Å²) in [4.78, 5) is 6.74. The summed E-state index contributed by atoms with van der Waals surface area (Å²) in [5.41, 5.74) is 9.70. The largest absolute Gasteiger partial charge is 0.494 e. The van der Waals surface area contributed by atoms with Crippen LogP contribution >= 0.6 is 11.6 Å². The van der Waals surface area contributed by atoms with Gasteiger partial charge in [-0.15, -0.1) is 0 Å². The fraction of sp³-hybridized carbons (Fsp3) is 0.400. The summed E-state index contributed by atoms with van der Waals surface area (Å²) >= 11 is 6.41. The van der Waals surface area contributed by atoms with Gasteiger partial charge in [0.2, 0.25) is 0 Å². The van der Waals surface area contributed by atoms with Gasteiger partial charge in [0.1, 0.15) is 11.3 Å². The predicted molar refractivity (Wildman–Crippen MR) is 85.1 cm³/mol. The average Bonchev–Trinajstić information content (AvgIpc) is 2.40. The first-order valence-electron chi connectivity index (χ1n) is 6.54. The molecule has 5 heteroatoms. The number of benzene rings is 1. The molecule has 2 rings (SSSR count). The lowest BCUT2D eigenvalue weighted by Crippen LogP contribution is -2.16. The van der Waals surface area contributed by atoms with Crippen molar-refractivity contribution in [3.63, 3.8) is 0 Å². The molecule has 0 unspecified atom stereocenters. The molecule has 0 aliphatic rings. The molecule has 0 aliphatic carbocycles. The molecule has 4 nitrogen and oxygen atoms in total. The molecule has 0 amide bonds. The molecule has 2 N–H and O–H groups in total. The highest BCUT2D eigenvalue weighted by Crippen LogP contribution is 2.39. The Labute approximate surface area is 124 Å². The van der Waals surface area contributed by atoms with Crippen LogP contribution in [0.3, 0.4) is 0 Å². The highest BCUT2D eigenvalue weighted by atomic mass is 35.5. The van der Waals surface area contributed by atoms with Crippen molar-refractivity contribution in [1.82, 2.24) is 4.98 Å². The summed E-state index contributed by atoms with van der Waals surface area (Å²) in [5.74, 6) is 0.731. The van der Waals surface area contributed by atoms with Gasteiger partial charge in [-0.2, -0.15) is 0 Å². The molecule has 0 atom stereocenters. The van der Waals surface area contributed by atoms with Crippen LogP contribution in [0.4, 0.5) is 5.69 Å². The van der Waals surface area contributed by atoms with E-state index in [2.05, 4.69) is 9.88 Å². The van der Waals surface area contributed by atoms with Crippen molar-refractivity contribution < 1.29 is 4.74 Å². The Kier molecular flexibility index (Phi) is 4.35. The Balaban J connectivity index is 2.93. The zero-order valence-corrected chi connectivity index (χ0v) is 13.1. The van der Waals surface area contributed by atoms with E-state index in [-0.39, 0.29) is 0 Å². The van der Waals surface area contributed by atoms with E-state index in [0.717, 1.165) is 40.0 Å². The maximum Gasteiger partial charge on any atom is 0.145 e. The van der Waals surface area contributed by atoms with E-state index in [4.69, 9.17) is 22.1 Å². The number of hydrogen-bond donors (Lipinski definition) is 1. The van der Waals surface area contributed by atoms with Crippen LogP contribution in [0.15, 0.2) is 12.1 Å². The van der Waals surface area contributed by atoms with Crippen molar-refractivity contribution in [2.45, 2.75) is 13.3 Å². The summed E-state index contributed by atoms with van der Waals surface area (Å²) in [6, 6.07) is 3.69. The second kappa shape index (κ2) is 5.85. The standard InChI is InChI=1S/C15H20ClN3O/c1-9-10(7-8-17)15(19(2)3)13-11(16)5-6-12(20-4)14(13)18-9/h5-6H,7-8,17H2,1-4H3. The molecular weight excluding hydrogens is 274 g/mol. The fourth-order valence-electron chi connectivity index (χ4n) is 2.54. The lowest BCUT2D eigenvalue weighted by atomic mass is 10.0. The minimum Gasteiger partial charge on any atom is -0.494 e. The van der Waals surface area contributed by atoms with Gasteiger partial charge in [0.05, 0.1) is 17.8 Å². The normalized spacial score (nSPS) is 10.9. The number of ether oxygens (including phenoxy) is 1. The van der Waals surface area contributed by atoms with Crippen LogP contribution in [0, 0.1) is 6.92 Å². The van der Waals surface area contributed by atoms with Crippen LogP contribution in [0.2, 0.25) is 5.02 Å². The van der Waals surface area contributed by atoms with Crippen LogP contribution in [0.25, 0.3) is 10.9 Å². The number of anilines is 1. The number of aryl methyl sites for hydroxylation is 1. The first kappa shape index (κ1) is 14.9. The molecule has 0 radical (unpaired) electrons. The Morgan fingerprint density at radius 3 is 2.60 bits per heavy atom.